The van der Waals surface area contributed by atoms with Crippen LogP contribution in [0.15, 0.2) is 0 Å². The number of rotatable bonds is 4. The fourth-order valence-corrected chi connectivity index (χ4v) is 1.56. The second kappa shape index (κ2) is 5.47. The molecule has 2 atom stereocenters. The van der Waals surface area contributed by atoms with Gasteiger partial charge in [-0.2, -0.15) is 12.6 Å². The van der Waals surface area contributed by atoms with E-state index in [4.69, 9.17) is 9.84 Å². The van der Waals surface area contributed by atoms with E-state index in [1.54, 1.807) is 0 Å². The Kier molecular flexibility index (Phi) is 4.55. The smallest absolute Gasteiger partial charge is 0.321 e. The van der Waals surface area contributed by atoms with Crippen LogP contribution in [0, 0.1) is 0 Å². The normalized spacial score (nSPS) is 25.5. The molecule has 0 amide bonds. The summed E-state index contributed by atoms with van der Waals surface area (Å²) in [4.78, 5) is 10.6. The SMILES string of the molecule is O=C(O)C(CS)NC1CCCCO1. The van der Waals surface area contributed by atoms with Crippen LogP contribution in [0.25, 0.3) is 0 Å². The monoisotopic (exact) mass is 205 g/mol. The van der Waals surface area contributed by atoms with Crippen molar-refractivity contribution in [3.63, 3.8) is 0 Å². The summed E-state index contributed by atoms with van der Waals surface area (Å²) < 4.78 is 5.35. The topological polar surface area (TPSA) is 58.6 Å². The standard InChI is InChI=1S/C8H15NO3S/c10-8(11)6(5-13)9-7-3-1-2-4-12-7/h6-7,9,13H,1-5H2,(H,10,11). The zero-order chi connectivity index (χ0) is 9.68. The second-order valence-electron chi connectivity index (χ2n) is 3.10. The molecular weight excluding hydrogens is 190 g/mol. The molecule has 0 saturated carbocycles. The molecule has 0 aromatic rings. The minimum absolute atomic E-state index is 0.109. The number of carboxylic acids is 1. The van der Waals surface area contributed by atoms with Gasteiger partial charge in [-0.25, -0.2) is 0 Å². The van der Waals surface area contributed by atoms with E-state index in [-0.39, 0.29) is 12.0 Å². The molecule has 1 heterocycles. The molecule has 1 aliphatic rings. The van der Waals surface area contributed by atoms with Crippen LogP contribution in [0.4, 0.5) is 0 Å². The Hall–Kier alpha value is -0.260. The summed E-state index contributed by atoms with van der Waals surface area (Å²) in [6.07, 6.45) is 2.94. The van der Waals surface area contributed by atoms with Crippen LogP contribution >= 0.6 is 12.6 Å². The number of carboxylic acid groups (broad SMARTS) is 1. The van der Waals surface area contributed by atoms with Gasteiger partial charge in [0.25, 0.3) is 0 Å². The number of ether oxygens (including phenoxy) is 1. The van der Waals surface area contributed by atoms with E-state index >= 15 is 0 Å². The van der Waals surface area contributed by atoms with E-state index in [1.807, 2.05) is 0 Å². The second-order valence-corrected chi connectivity index (χ2v) is 3.46. The molecule has 1 fully saturated rings. The van der Waals surface area contributed by atoms with Crippen LogP contribution in [-0.2, 0) is 9.53 Å². The molecule has 2 N–H and O–H groups in total. The first-order valence-corrected chi connectivity index (χ1v) is 5.08. The molecule has 0 bridgehead atoms. The molecule has 1 aliphatic heterocycles. The summed E-state index contributed by atoms with van der Waals surface area (Å²) in [6, 6.07) is -0.605. The predicted molar refractivity (Wildman–Crippen MR) is 52.0 cm³/mol. The lowest BCUT2D eigenvalue weighted by Crippen LogP contribution is -2.46. The lowest BCUT2D eigenvalue weighted by molar-refractivity contribution is -0.140. The Morgan fingerprint density at radius 3 is 2.92 bits per heavy atom. The average Bonchev–Trinajstić information content (AvgIpc) is 2.15. The molecule has 0 radical (unpaired) electrons. The maximum atomic E-state index is 10.6. The van der Waals surface area contributed by atoms with Gasteiger partial charge >= 0.3 is 5.97 Å². The Balaban J connectivity index is 2.31. The van der Waals surface area contributed by atoms with Crippen LogP contribution in [0.1, 0.15) is 19.3 Å². The van der Waals surface area contributed by atoms with E-state index < -0.39 is 12.0 Å². The van der Waals surface area contributed by atoms with E-state index in [0.29, 0.717) is 0 Å². The minimum atomic E-state index is -0.871. The summed E-state index contributed by atoms with van der Waals surface area (Å²) in [5.41, 5.74) is 0. The summed E-state index contributed by atoms with van der Waals surface area (Å²) in [6.45, 7) is 0.719. The van der Waals surface area contributed by atoms with Crippen LogP contribution in [0.3, 0.4) is 0 Å². The highest BCUT2D eigenvalue weighted by atomic mass is 32.1. The maximum Gasteiger partial charge on any atom is 0.321 e. The van der Waals surface area contributed by atoms with Crippen molar-refractivity contribution < 1.29 is 14.6 Å². The van der Waals surface area contributed by atoms with E-state index in [0.717, 1.165) is 25.9 Å². The van der Waals surface area contributed by atoms with Gasteiger partial charge in [-0.1, -0.05) is 0 Å². The van der Waals surface area contributed by atoms with Crippen molar-refractivity contribution in [3.05, 3.63) is 0 Å². The number of carbonyl (C=O) groups is 1. The first-order valence-electron chi connectivity index (χ1n) is 4.45. The van der Waals surface area contributed by atoms with Crippen molar-refractivity contribution in [3.8, 4) is 0 Å². The van der Waals surface area contributed by atoms with E-state index in [9.17, 15) is 4.79 Å². The highest BCUT2D eigenvalue weighted by molar-refractivity contribution is 7.80. The molecule has 5 heteroatoms. The van der Waals surface area contributed by atoms with Gasteiger partial charge in [-0.05, 0) is 19.3 Å². The number of hydrogen-bond acceptors (Lipinski definition) is 4. The Bertz CT molecular complexity index is 171. The molecule has 1 saturated heterocycles. The molecule has 76 valence electrons. The van der Waals surface area contributed by atoms with Crippen LogP contribution in [-0.4, -0.2) is 35.7 Å². The molecule has 2 unspecified atom stereocenters. The van der Waals surface area contributed by atoms with Gasteiger partial charge in [0.1, 0.15) is 12.3 Å². The molecule has 13 heavy (non-hydrogen) atoms. The van der Waals surface area contributed by atoms with Gasteiger partial charge in [-0.3, -0.25) is 10.1 Å². The Labute approximate surface area is 83.1 Å². The van der Waals surface area contributed by atoms with E-state index in [2.05, 4.69) is 17.9 Å². The lowest BCUT2D eigenvalue weighted by atomic mass is 10.2. The summed E-state index contributed by atoms with van der Waals surface area (Å²) >= 11 is 3.96. The van der Waals surface area contributed by atoms with Crippen molar-refractivity contribution in [1.82, 2.24) is 5.32 Å². The van der Waals surface area contributed by atoms with Crippen molar-refractivity contribution in [2.24, 2.45) is 0 Å². The van der Waals surface area contributed by atoms with Gasteiger partial charge in [0.05, 0.1) is 0 Å². The zero-order valence-electron chi connectivity index (χ0n) is 7.40. The third-order valence-electron chi connectivity index (χ3n) is 2.05. The minimum Gasteiger partial charge on any atom is -0.480 e. The number of nitrogens with one attached hydrogen (secondary N) is 1. The molecule has 0 aromatic heterocycles. The maximum absolute atomic E-state index is 10.6. The third kappa shape index (κ3) is 3.54. The average molecular weight is 205 g/mol. The summed E-state index contributed by atoms with van der Waals surface area (Å²) in [5.74, 6) is -0.584. The lowest BCUT2D eigenvalue weighted by Gasteiger charge is -2.26. The van der Waals surface area contributed by atoms with Crippen molar-refractivity contribution in [2.45, 2.75) is 31.5 Å². The third-order valence-corrected chi connectivity index (χ3v) is 2.41. The Morgan fingerprint density at radius 2 is 2.46 bits per heavy atom. The van der Waals surface area contributed by atoms with Crippen LogP contribution < -0.4 is 5.32 Å². The fraction of sp³-hybridized carbons (Fsp3) is 0.875. The highest BCUT2D eigenvalue weighted by Crippen LogP contribution is 2.11. The van der Waals surface area contributed by atoms with E-state index in [1.165, 1.54) is 0 Å². The molecule has 0 spiro atoms. The molecule has 4 nitrogen and oxygen atoms in total. The molecule has 0 aromatic carbocycles. The number of thiol groups is 1. The molecule has 1 rings (SSSR count). The van der Waals surface area contributed by atoms with Gasteiger partial charge in [-0.15, -0.1) is 0 Å². The number of aliphatic carboxylic acids is 1. The van der Waals surface area contributed by atoms with Crippen LogP contribution in [0.2, 0.25) is 0 Å². The first-order chi connectivity index (χ1) is 6.24. The quantitative estimate of drug-likeness (QED) is 0.584. The first kappa shape index (κ1) is 10.8. The zero-order valence-corrected chi connectivity index (χ0v) is 8.30. The highest BCUT2D eigenvalue weighted by Gasteiger charge is 2.21. The largest absolute Gasteiger partial charge is 0.480 e. The van der Waals surface area contributed by atoms with Gasteiger partial charge < -0.3 is 9.84 Å². The van der Waals surface area contributed by atoms with Crippen LogP contribution in [0.5, 0.6) is 0 Å². The number of hydrogen-bond donors (Lipinski definition) is 3. The Morgan fingerprint density at radius 1 is 1.69 bits per heavy atom. The van der Waals surface area contributed by atoms with Crippen molar-refractivity contribution in [1.29, 1.82) is 0 Å². The summed E-state index contributed by atoms with van der Waals surface area (Å²) in [7, 11) is 0. The summed E-state index contributed by atoms with van der Waals surface area (Å²) in [5, 5.41) is 11.6. The predicted octanol–water partition coefficient (Wildman–Crippen LogP) is 0.486. The molecular formula is C8H15NO3S. The molecule has 0 aliphatic carbocycles. The van der Waals surface area contributed by atoms with Crippen molar-refractivity contribution >= 4 is 18.6 Å². The fourth-order valence-electron chi connectivity index (χ4n) is 1.30. The van der Waals surface area contributed by atoms with Gasteiger partial charge in [0.15, 0.2) is 0 Å². The van der Waals surface area contributed by atoms with Gasteiger partial charge in [0.2, 0.25) is 0 Å². The van der Waals surface area contributed by atoms with Crippen molar-refractivity contribution in [2.75, 3.05) is 12.4 Å². The van der Waals surface area contributed by atoms with Gasteiger partial charge in [0, 0.05) is 12.4 Å².